The Hall–Kier alpha value is -0.470. The van der Waals surface area contributed by atoms with Gasteiger partial charge in [0.25, 0.3) is 10.0 Å². The predicted molar refractivity (Wildman–Crippen MR) is 78.5 cm³/mol. The molecular formula is C13H20N2O3S2. The standard InChI is InChI=1S/C13H20N2O3S2/c1-18-12-4-6-14(7-5-12)11-9-15(10-11)20(16,17)13-3-2-8-19-13/h2-3,8,11-12H,4-7,9-10H2,1H3. The van der Waals surface area contributed by atoms with E-state index in [2.05, 4.69) is 4.90 Å². The maximum absolute atomic E-state index is 12.3. The van der Waals surface area contributed by atoms with Crippen molar-refractivity contribution in [3.8, 4) is 0 Å². The zero-order valence-corrected chi connectivity index (χ0v) is 13.2. The zero-order valence-electron chi connectivity index (χ0n) is 11.6. The molecule has 0 aromatic carbocycles. The number of nitrogens with zero attached hydrogens (tertiary/aromatic N) is 2. The summed E-state index contributed by atoms with van der Waals surface area (Å²) in [5.74, 6) is 0. The van der Waals surface area contributed by atoms with Crippen LogP contribution in [-0.4, -0.2) is 63.1 Å². The number of rotatable bonds is 4. The Balaban J connectivity index is 1.54. The average Bonchev–Trinajstić information content (AvgIpc) is 2.92. The Morgan fingerprint density at radius 2 is 2.00 bits per heavy atom. The minimum atomic E-state index is -3.25. The molecule has 3 heterocycles. The van der Waals surface area contributed by atoms with E-state index in [1.807, 2.05) is 0 Å². The first-order chi connectivity index (χ1) is 9.61. The Bertz CT molecular complexity index is 530. The van der Waals surface area contributed by atoms with Crippen LogP contribution in [0.1, 0.15) is 12.8 Å². The molecule has 0 N–H and O–H groups in total. The van der Waals surface area contributed by atoms with Gasteiger partial charge in [-0.05, 0) is 24.3 Å². The van der Waals surface area contributed by atoms with Crippen molar-refractivity contribution in [3.05, 3.63) is 17.5 Å². The Morgan fingerprint density at radius 3 is 2.55 bits per heavy atom. The second-order valence-corrected chi connectivity index (χ2v) is 8.49. The van der Waals surface area contributed by atoms with Gasteiger partial charge in [0.2, 0.25) is 0 Å². The molecule has 2 fully saturated rings. The van der Waals surface area contributed by atoms with E-state index in [0.29, 0.717) is 29.4 Å². The van der Waals surface area contributed by atoms with Gasteiger partial charge in [-0.25, -0.2) is 8.42 Å². The predicted octanol–water partition coefficient (Wildman–Crippen LogP) is 1.23. The largest absolute Gasteiger partial charge is 0.381 e. The zero-order chi connectivity index (χ0) is 14.2. The van der Waals surface area contributed by atoms with Crippen LogP contribution in [-0.2, 0) is 14.8 Å². The SMILES string of the molecule is COC1CCN(C2CN(S(=O)(=O)c3cccs3)C2)CC1. The number of piperidine rings is 1. The highest BCUT2D eigenvalue weighted by Gasteiger charge is 2.40. The molecule has 0 aliphatic carbocycles. The second-order valence-electron chi connectivity index (χ2n) is 5.38. The number of likely N-dealkylation sites (tertiary alicyclic amines) is 1. The van der Waals surface area contributed by atoms with E-state index in [9.17, 15) is 8.42 Å². The van der Waals surface area contributed by atoms with E-state index in [0.717, 1.165) is 25.9 Å². The normalized spacial score (nSPS) is 23.9. The van der Waals surface area contributed by atoms with Crippen molar-refractivity contribution in [1.29, 1.82) is 0 Å². The summed E-state index contributed by atoms with van der Waals surface area (Å²) < 4.78 is 32.0. The Labute approximate surface area is 124 Å². The summed E-state index contributed by atoms with van der Waals surface area (Å²) in [4.78, 5) is 2.40. The highest BCUT2D eigenvalue weighted by Crippen LogP contribution is 2.28. The topological polar surface area (TPSA) is 49.9 Å². The lowest BCUT2D eigenvalue weighted by Crippen LogP contribution is -2.62. The molecule has 5 nitrogen and oxygen atoms in total. The van der Waals surface area contributed by atoms with Crippen LogP contribution in [0.15, 0.2) is 21.7 Å². The van der Waals surface area contributed by atoms with Gasteiger partial charge in [0, 0.05) is 39.3 Å². The van der Waals surface area contributed by atoms with E-state index in [1.54, 1.807) is 28.9 Å². The number of sulfonamides is 1. The van der Waals surface area contributed by atoms with E-state index < -0.39 is 10.0 Å². The molecule has 112 valence electrons. The summed E-state index contributed by atoms with van der Waals surface area (Å²) in [6, 6.07) is 3.84. The third kappa shape index (κ3) is 2.65. The summed E-state index contributed by atoms with van der Waals surface area (Å²) >= 11 is 1.29. The van der Waals surface area contributed by atoms with Crippen molar-refractivity contribution in [2.75, 3.05) is 33.3 Å². The van der Waals surface area contributed by atoms with Crippen LogP contribution in [0.25, 0.3) is 0 Å². The molecular weight excluding hydrogens is 296 g/mol. The number of hydrogen-bond acceptors (Lipinski definition) is 5. The molecule has 20 heavy (non-hydrogen) atoms. The molecule has 0 saturated carbocycles. The lowest BCUT2D eigenvalue weighted by atomic mass is 10.0. The second kappa shape index (κ2) is 5.73. The van der Waals surface area contributed by atoms with Gasteiger partial charge >= 0.3 is 0 Å². The first-order valence-corrected chi connectivity index (χ1v) is 9.23. The molecule has 3 rings (SSSR count). The third-order valence-electron chi connectivity index (χ3n) is 4.24. The fourth-order valence-electron chi connectivity index (χ4n) is 2.86. The maximum atomic E-state index is 12.3. The number of hydrogen-bond donors (Lipinski definition) is 0. The van der Waals surface area contributed by atoms with E-state index in [-0.39, 0.29) is 0 Å². The van der Waals surface area contributed by atoms with Gasteiger partial charge in [-0.2, -0.15) is 4.31 Å². The van der Waals surface area contributed by atoms with Crippen LogP contribution in [0.3, 0.4) is 0 Å². The third-order valence-corrected chi connectivity index (χ3v) is 7.45. The Kier molecular flexibility index (Phi) is 4.14. The smallest absolute Gasteiger partial charge is 0.252 e. The van der Waals surface area contributed by atoms with Crippen LogP contribution in [0.4, 0.5) is 0 Å². The van der Waals surface area contributed by atoms with E-state index in [1.165, 1.54) is 11.3 Å². The minimum Gasteiger partial charge on any atom is -0.381 e. The van der Waals surface area contributed by atoms with Gasteiger partial charge in [0.1, 0.15) is 4.21 Å². The fraction of sp³-hybridized carbons (Fsp3) is 0.692. The van der Waals surface area contributed by atoms with Crippen LogP contribution in [0, 0.1) is 0 Å². The van der Waals surface area contributed by atoms with E-state index >= 15 is 0 Å². The lowest BCUT2D eigenvalue weighted by Gasteiger charge is -2.46. The van der Waals surface area contributed by atoms with Crippen molar-refractivity contribution in [3.63, 3.8) is 0 Å². The highest BCUT2D eigenvalue weighted by atomic mass is 32.2. The summed E-state index contributed by atoms with van der Waals surface area (Å²) in [5, 5.41) is 1.81. The molecule has 2 aliphatic heterocycles. The average molecular weight is 316 g/mol. The van der Waals surface area contributed by atoms with Gasteiger partial charge in [-0.15, -0.1) is 11.3 Å². The molecule has 1 aromatic heterocycles. The fourth-order valence-corrected chi connectivity index (χ4v) is 5.52. The van der Waals surface area contributed by atoms with Gasteiger partial charge in [0.15, 0.2) is 0 Å². The molecule has 0 bridgehead atoms. The summed E-state index contributed by atoms with van der Waals surface area (Å²) in [6.45, 7) is 3.27. The molecule has 1 aromatic rings. The summed E-state index contributed by atoms with van der Waals surface area (Å²) in [6.07, 6.45) is 2.47. The van der Waals surface area contributed by atoms with Gasteiger partial charge in [-0.1, -0.05) is 6.07 Å². The molecule has 0 amide bonds. The number of methoxy groups -OCH3 is 1. The molecule has 0 spiro atoms. The van der Waals surface area contributed by atoms with Crippen molar-refractivity contribution >= 4 is 21.4 Å². The Morgan fingerprint density at radius 1 is 1.30 bits per heavy atom. The van der Waals surface area contributed by atoms with Crippen LogP contribution < -0.4 is 0 Å². The van der Waals surface area contributed by atoms with Gasteiger partial charge in [0.05, 0.1) is 6.10 Å². The first kappa shape index (κ1) is 14.5. The van der Waals surface area contributed by atoms with Crippen molar-refractivity contribution in [1.82, 2.24) is 9.21 Å². The molecule has 0 radical (unpaired) electrons. The van der Waals surface area contributed by atoms with Crippen LogP contribution in [0.2, 0.25) is 0 Å². The van der Waals surface area contributed by atoms with Gasteiger partial charge < -0.3 is 4.74 Å². The molecule has 2 saturated heterocycles. The monoisotopic (exact) mass is 316 g/mol. The molecule has 0 unspecified atom stereocenters. The molecule has 0 atom stereocenters. The molecule has 2 aliphatic rings. The number of ether oxygens (including phenoxy) is 1. The van der Waals surface area contributed by atoms with Crippen molar-refractivity contribution in [2.24, 2.45) is 0 Å². The first-order valence-electron chi connectivity index (χ1n) is 6.92. The van der Waals surface area contributed by atoms with E-state index in [4.69, 9.17) is 4.74 Å². The van der Waals surface area contributed by atoms with Crippen LogP contribution >= 0.6 is 11.3 Å². The van der Waals surface area contributed by atoms with Gasteiger partial charge in [-0.3, -0.25) is 4.90 Å². The quantitative estimate of drug-likeness (QED) is 0.838. The lowest BCUT2D eigenvalue weighted by molar-refractivity contribution is 0.00367. The highest BCUT2D eigenvalue weighted by molar-refractivity contribution is 7.91. The summed E-state index contributed by atoms with van der Waals surface area (Å²) in [5.41, 5.74) is 0. The van der Waals surface area contributed by atoms with Crippen molar-refractivity contribution in [2.45, 2.75) is 29.2 Å². The maximum Gasteiger partial charge on any atom is 0.252 e. The minimum absolute atomic E-state index is 0.372. The van der Waals surface area contributed by atoms with Crippen LogP contribution in [0.5, 0.6) is 0 Å². The summed E-state index contributed by atoms with van der Waals surface area (Å²) in [7, 11) is -1.48. The van der Waals surface area contributed by atoms with Crippen molar-refractivity contribution < 1.29 is 13.2 Å². The number of thiophene rings is 1. The molecule has 7 heteroatoms.